The lowest BCUT2D eigenvalue weighted by atomic mass is 9.97. The average Bonchev–Trinajstić information content (AvgIpc) is 3.44. The van der Waals surface area contributed by atoms with Crippen LogP contribution in [0.15, 0.2) is 30.4 Å². The molecule has 2 aliphatic rings. The van der Waals surface area contributed by atoms with Crippen molar-refractivity contribution in [1.82, 2.24) is 14.9 Å². The summed E-state index contributed by atoms with van der Waals surface area (Å²) < 4.78 is 38.8. The molecule has 9 heteroatoms. The fourth-order valence-electron chi connectivity index (χ4n) is 5.00. The molecule has 3 aromatic rings. The molecule has 1 aliphatic carbocycles. The SMILES string of the molecule is C=Cc1nc(NC2CCN(Cc3ccc4c(c3C)C=C(C#N)C4)CC2)c2cc(CC(F)(F)F)sc2n1. The van der Waals surface area contributed by atoms with E-state index in [-0.39, 0.29) is 10.9 Å². The van der Waals surface area contributed by atoms with Crippen LogP contribution in [0.1, 0.15) is 45.8 Å². The van der Waals surface area contributed by atoms with Crippen LogP contribution in [-0.4, -0.2) is 40.2 Å². The number of aromatic nitrogens is 2. The Hall–Kier alpha value is -3.22. The summed E-state index contributed by atoms with van der Waals surface area (Å²) >= 11 is 1.05. The third kappa shape index (κ3) is 5.15. The van der Waals surface area contributed by atoms with E-state index in [1.807, 2.05) is 6.08 Å². The van der Waals surface area contributed by atoms with Gasteiger partial charge in [0.05, 0.1) is 17.9 Å². The highest BCUT2D eigenvalue weighted by Crippen LogP contribution is 2.34. The summed E-state index contributed by atoms with van der Waals surface area (Å²) in [6.07, 6.45) is 0.814. The molecule has 5 nitrogen and oxygen atoms in total. The average molecular weight is 510 g/mol. The smallest absolute Gasteiger partial charge is 0.367 e. The molecule has 0 spiro atoms. The second-order valence-electron chi connectivity index (χ2n) is 9.43. The van der Waals surface area contributed by atoms with Crippen molar-refractivity contribution in [3.63, 3.8) is 0 Å². The lowest BCUT2D eigenvalue weighted by Gasteiger charge is -2.33. The molecule has 3 heterocycles. The Kier molecular flexibility index (Phi) is 6.58. The van der Waals surface area contributed by atoms with Crippen LogP contribution in [0.5, 0.6) is 0 Å². The zero-order chi connectivity index (χ0) is 25.4. The topological polar surface area (TPSA) is 64.8 Å². The summed E-state index contributed by atoms with van der Waals surface area (Å²) in [6.45, 7) is 8.51. The van der Waals surface area contributed by atoms with Crippen LogP contribution >= 0.6 is 11.3 Å². The van der Waals surface area contributed by atoms with E-state index in [0.717, 1.165) is 55.8 Å². The van der Waals surface area contributed by atoms with Gasteiger partial charge in [0.25, 0.3) is 0 Å². The van der Waals surface area contributed by atoms with Crippen molar-refractivity contribution in [2.75, 3.05) is 18.4 Å². The molecule has 0 saturated carbocycles. The van der Waals surface area contributed by atoms with Crippen LogP contribution in [0.25, 0.3) is 22.4 Å². The fraction of sp³-hybridized carbons (Fsp3) is 0.370. The van der Waals surface area contributed by atoms with E-state index in [9.17, 15) is 18.4 Å². The van der Waals surface area contributed by atoms with Crippen LogP contribution in [0.3, 0.4) is 0 Å². The first-order chi connectivity index (χ1) is 17.2. The Bertz CT molecular complexity index is 1390. The molecule has 2 aromatic heterocycles. The molecule has 36 heavy (non-hydrogen) atoms. The number of nitriles is 1. The van der Waals surface area contributed by atoms with Crippen LogP contribution in [-0.2, 0) is 19.4 Å². The number of hydrogen-bond acceptors (Lipinski definition) is 6. The number of rotatable bonds is 6. The summed E-state index contributed by atoms with van der Waals surface area (Å²) in [6, 6.07) is 8.31. The number of piperidine rings is 1. The molecule has 0 radical (unpaired) electrons. The van der Waals surface area contributed by atoms with Gasteiger partial charge in [0.15, 0.2) is 5.82 Å². The molecule has 1 aliphatic heterocycles. The van der Waals surface area contributed by atoms with Crippen molar-refractivity contribution in [2.45, 2.75) is 51.4 Å². The van der Waals surface area contributed by atoms with Crippen molar-refractivity contribution >= 4 is 39.5 Å². The largest absolute Gasteiger partial charge is 0.393 e. The van der Waals surface area contributed by atoms with Crippen LogP contribution < -0.4 is 5.32 Å². The van der Waals surface area contributed by atoms with E-state index in [0.29, 0.717) is 21.9 Å². The zero-order valence-electron chi connectivity index (χ0n) is 20.0. The first-order valence-corrected chi connectivity index (χ1v) is 12.7. The highest BCUT2D eigenvalue weighted by atomic mass is 32.1. The first-order valence-electron chi connectivity index (χ1n) is 11.9. The Labute approximate surface area is 212 Å². The van der Waals surface area contributed by atoms with Gasteiger partial charge in [-0.2, -0.15) is 18.4 Å². The maximum absolute atomic E-state index is 12.9. The molecular formula is C27H26F3N5S. The van der Waals surface area contributed by atoms with Gasteiger partial charge in [0.2, 0.25) is 0 Å². The zero-order valence-corrected chi connectivity index (χ0v) is 20.8. The monoisotopic (exact) mass is 509 g/mol. The molecule has 0 bridgehead atoms. The second kappa shape index (κ2) is 9.68. The molecular weight excluding hydrogens is 483 g/mol. The standard InChI is InChI=1S/C27H26F3N5S/c1-3-24-33-25(23-12-21(13-27(28,29)30)36-26(23)34-24)32-20-6-8-35(9-7-20)15-19-5-4-18-10-17(14-31)11-22(18)16(19)2/h3-5,11-12,20H,1,6-10,13,15H2,2H3,(H,32,33,34). The van der Waals surface area contributed by atoms with Gasteiger partial charge in [0.1, 0.15) is 10.6 Å². The summed E-state index contributed by atoms with van der Waals surface area (Å²) in [7, 11) is 0. The maximum Gasteiger partial charge on any atom is 0.393 e. The van der Waals surface area contributed by atoms with Gasteiger partial charge in [-0.1, -0.05) is 18.7 Å². The number of fused-ring (bicyclic) bond motifs is 2. The third-order valence-corrected chi connectivity index (χ3v) is 7.93. The van der Waals surface area contributed by atoms with Gasteiger partial charge < -0.3 is 5.32 Å². The van der Waals surface area contributed by atoms with E-state index in [4.69, 9.17) is 0 Å². The second-order valence-corrected chi connectivity index (χ2v) is 10.5. The summed E-state index contributed by atoms with van der Waals surface area (Å²) in [5, 5.41) is 13.3. The number of nitrogens with one attached hydrogen (secondary N) is 1. The van der Waals surface area contributed by atoms with Gasteiger partial charge >= 0.3 is 6.18 Å². The minimum absolute atomic E-state index is 0.171. The van der Waals surface area contributed by atoms with Crippen molar-refractivity contribution in [2.24, 2.45) is 0 Å². The van der Waals surface area contributed by atoms with Crippen LogP contribution in [0.2, 0.25) is 0 Å². The third-order valence-electron chi connectivity index (χ3n) is 6.90. The minimum atomic E-state index is -4.26. The number of anilines is 1. The predicted octanol–water partition coefficient (Wildman–Crippen LogP) is 6.29. The molecule has 0 amide bonds. The molecule has 1 aromatic carbocycles. The van der Waals surface area contributed by atoms with Gasteiger partial charge in [-0.15, -0.1) is 11.3 Å². The molecule has 1 N–H and O–H groups in total. The number of hydrogen-bond donors (Lipinski definition) is 1. The van der Waals surface area contributed by atoms with E-state index >= 15 is 0 Å². The summed E-state index contributed by atoms with van der Waals surface area (Å²) in [4.78, 5) is 12.1. The van der Waals surface area contributed by atoms with E-state index in [1.165, 1.54) is 28.3 Å². The molecule has 5 rings (SSSR count). The number of halogens is 3. The van der Waals surface area contributed by atoms with Crippen LogP contribution in [0.4, 0.5) is 19.0 Å². The lowest BCUT2D eigenvalue weighted by molar-refractivity contribution is -0.126. The first kappa shape index (κ1) is 24.5. The normalized spacial score (nSPS) is 16.6. The number of alkyl halides is 3. The number of nitrogens with zero attached hydrogens (tertiary/aromatic N) is 4. The minimum Gasteiger partial charge on any atom is -0.367 e. The van der Waals surface area contributed by atoms with Crippen LogP contribution in [0, 0.1) is 18.3 Å². The number of thiophene rings is 1. The van der Waals surface area contributed by atoms with Crippen molar-refractivity contribution in [1.29, 1.82) is 5.26 Å². The van der Waals surface area contributed by atoms with Crippen molar-refractivity contribution in [3.8, 4) is 6.07 Å². The van der Waals surface area contributed by atoms with E-state index in [2.05, 4.69) is 51.9 Å². The maximum atomic E-state index is 12.9. The molecule has 0 atom stereocenters. The van der Waals surface area contributed by atoms with Crippen molar-refractivity contribution in [3.05, 3.63) is 63.3 Å². The lowest BCUT2D eigenvalue weighted by Crippen LogP contribution is -2.39. The predicted molar refractivity (Wildman–Crippen MR) is 138 cm³/mol. The Balaban J connectivity index is 1.26. The highest BCUT2D eigenvalue weighted by Gasteiger charge is 2.29. The number of benzene rings is 1. The molecule has 0 unspecified atom stereocenters. The molecule has 1 saturated heterocycles. The summed E-state index contributed by atoms with van der Waals surface area (Å²) in [5.74, 6) is 0.983. The van der Waals surface area contributed by atoms with E-state index in [1.54, 1.807) is 6.07 Å². The quantitative estimate of drug-likeness (QED) is 0.423. The van der Waals surface area contributed by atoms with Gasteiger partial charge in [0, 0.05) is 42.5 Å². The number of allylic oxidation sites excluding steroid dienone is 1. The number of likely N-dealkylation sites (tertiary alicyclic amines) is 1. The van der Waals surface area contributed by atoms with Crippen molar-refractivity contribution < 1.29 is 13.2 Å². The summed E-state index contributed by atoms with van der Waals surface area (Å²) in [5.41, 5.74) is 5.74. The Morgan fingerprint density at radius 2 is 2.06 bits per heavy atom. The van der Waals surface area contributed by atoms with Gasteiger partial charge in [-0.25, -0.2) is 9.97 Å². The highest BCUT2D eigenvalue weighted by molar-refractivity contribution is 7.18. The Morgan fingerprint density at radius 3 is 2.75 bits per heavy atom. The van der Waals surface area contributed by atoms with E-state index < -0.39 is 12.6 Å². The fourth-order valence-corrected chi connectivity index (χ4v) is 6.07. The van der Waals surface area contributed by atoms with Gasteiger partial charge in [-0.3, -0.25) is 4.90 Å². The molecule has 186 valence electrons. The molecule has 1 fully saturated rings. The van der Waals surface area contributed by atoms with Gasteiger partial charge in [-0.05, 0) is 60.2 Å². The Morgan fingerprint density at radius 1 is 1.28 bits per heavy atom.